The van der Waals surface area contributed by atoms with E-state index in [4.69, 9.17) is 0 Å². The van der Waals surface area contributed by atoms with Crippen LogP contribution in [0.25, 0.3) is 0 Å². The number of anilines is 1. The standard InChI is InChI=1S/C14H10BrFN2O3/c1-8-7-9(5-6-10(8)15)14(19)17-13-11(16)3-2-4-12(13)18(20)21/h2-7H,1H3,(H,17,19). The minimum atomic E-state index is -0.855. The van der Waals surface area contributed by atoms with Gasteiger partial charge >= 0.3 is 0 Å². The highest BCUT2D eigenvalue weighted by Crippen LogP contribution is 2.27. The van der Waals surface area contributed by atoms with Gasteiger partial charge in [0.2, 0.25) is 0 Å². The molecule has 2 aromatic carbocycles. The molecule has 0 bridgehead atoms. The van der Waals surface area contributed by atoms with Crippen molar-refractivity contribution in [2.75, 3.05) is 5.32 Å². The highest BCUT2D eigenvalue weighted by atomic mass is 79.9. The number of nitrogens with one attached hydrogen (secondary N) is 1. The van der Waals surface area contributed by atoms with Crippen LogP contribution in [-0.2, 0) is 0 Å². The SMILES string of the molecule is Cc1cc(C(=O)Nc2c(F)cccc2[N+](=O)[O-])ccc1Br. The Kier molecular flexibility index (Phi) is 4.32. The van der Waals surface area contributed by atoms with Crippen molar-refractivity contribution in [3.05, 3.63) is 67.9 Å². The monoisotopic (exact) mass is 352 g/mol. The average molecular weight is 353 g/mol. The van der Waals surface area contributed by atoms with E-state index in [0.29, 0.717) is 0 Å². The number of nitro benzene ring substituents is 1. The summed E-state index contributed by atoms with van der Waals surface area (Å²) in [4.78, 5) is 22.2. The zero-order valence-corrected chi connectivity index (χ0v) is 12.5. The number of hydrogen-bond donors (Lipinski definition) is 1. The Hall–Kier alpha value is -2.28. The first-order chi connectivity index (χ1) is 9.90. The lowest BCUT2D eigenvalue weighted by molar-refractivity contribution is -0.384. The zero-order valence-electron chi connectivity index (χ0n) is 10.9. The molecule has 0 aromatic heterocycles. The number of aryl methyl sites for hydroxylation is 1. The number of carbonyl (C=O) groups excluding carboxylic acids is 1. The summed E-state index contributed by atoms with van der Waals surface area (Å²) in [7, 11) is 0. The lowest BCUT2D eigenvalue weighted by atomic mass is 10.1. The molecule has 0 spiro atoms. The van der Waals surface area contributed by atoms with E-state index >= 15 is 0 Å². The van der Waals surface area contributed by atoms with Crippen LogP contribution in [0.1, 0.15) is 15.9 Å². The Morgan fingerprint density at radius 3 is 2.67 bits per heavy atom. The van der Waals surface area contributed by atoms with Crippen molar-refractivity contribution in [3.63, 3.8) is 0 Å². The molecule has 0 saturated heterocycles. The fourth-order valence-corrected chi connectivity index (χ4v) is 2.01. The van der Waals surface area contributed by atoms with Crippen molar-refractivity contribution in [2.45, 2.75) is 6.92 Å². The van der Waals surface area contributed by atoms with Crippen LogP contribution in [0.4, 0.5) is 15.8 Å². The maximum atomic E-state index is 13.7. The van der Waals surface area contributed by atoms with E-state index in [1.807, 2.05) is 0 Å². The number of rotatable bonds is 3. The van der Waals surface area contributed by atoms with E-state index in [1.165, 1.54) is 6.07 Å². The number of nitro groups is 1. The smallest absolute Gasteiger partial charge is 0.295 e. The lowest BCUT2D eigenvalue weighted by Crippen LogP contribution is -2.14. The molecule has 0 radical (unpaired) electrons. The summed E-state index contributed by atoms with van der Waals surface area (Å²) in [6.45, 7) is 1.80. The van der Waals surface area contributed by atoms with Gasteiger partial charge in [-0.1, -0.05) is 22.0 Å². The van der Waals surface area contributed by atoms with Gasteiger partial charge in [0, 0.05) is 16.1 Å². The molecule has 1 amide bonds. The lowest BCUT2D eigenvalue weighted by Gasteiger charge is -2.08. The summed E-state index contributed by atoms with van der Waals surface area (Å²) in [5.41, 5.74) is 0.184. The minimum Gasteiger partial charge on any atom is -0.314 e. The molecule has 0 unspecified atom stereocenters. The van der Waals surface area contributed by atoms with Gasteiger partial charge in [-0.3, -0.25) is 14.9 Å². The minimum absolute atomic E-state index is 0.285. The first-order valence-electron chi connectivity index (χ1n) is 5.90. The summed E-state index contributed by atoms with van der Waals surface area (Å²) in [6.07, 6.45) is 0. The summed E-state index contributed by atoms with van der Waals surface area (Å²) in [6, 6.07) is 8.22. The Balaban J connectivity index is 2.36. The highest BCUT2D eigenvalue weighted by Gasteiger charge is 2.20. The molecule has 0 aliphatic carbocycles. The van der Waals surface area contributed by atoms with Gasteiger partial charge in [0.05, 0.1) is 4.92 Å². The van der Waals surface area contributed by atoms with E-state index in [-0.39, 0.29) is 5.56 Å². The van der Waals surface area contributed by atoms with Crippen LogP contribution in [0, 0.1) is 22.9 Å². The second-order valence-corrected chi connectivity index (χ2v) is 5.16. The molecule has 0 atom stereocenters. The number of carbonyl (C=O) groups is 1. The Morgan fingerprint density at radius 2 is 2.05 bits per heavy atom. The van der Waals surface area contributed by atoms with Crippen molar-refractivity contribution < 1.29 is 14.1 Å². The highest BCUT2D eigenvalue weighted by molar-refractivity contribution is 9.10. The van der Waals surface area contributed by atoms with Gasteiger partial charge in [-0.05, 0) is 36.8 Å². The third-order valence-electron chi connectivity index (χ3n) is 2.85. The Bertz CT molecular complexity index is 734. The molecule has 5 nitrogen and oxygen atoms in total. The average Bonchev–Trinajstić information content (AvgIpc) is 2.43. The first-order valence-corrected chi connectivity index (χ1v) is 6.70. The van der Waals surface area contributed by atoms with Crippen molar-refractivity contribution in [1.29, 1.82) is 0 Å². The van der Waals surface area contributed by atoms with Gasteiger partial charge in [0.1, 0.15) is 0 Å². The van der Waals surface area contributed by atoms with Crippen LogP contribution < -0.4 is 5.32 Å². The van der Waals surface area contributed by atoms with E-state index in [9.17, 15) is 19.3 Å². The predicted octanol–water partition coefficient (Wildman–Crippen LogP) is 4.06. The Labute approximate surface area is 128 Å². The summed E-state index contributed by atoms with van der Waals surface area (Å²) >= 11 is 3.31. The van der Waals surface area contributed by atoms with E-state index in [1.54, 1.807) is 25.1 Å². The van der Waals surface area contributed by atoms with Crippen LogP contribution in [0.5, 0.6) is 0 Å². The molecule has 21 heavy (non-hydrogen) atoms. The molecule has 0 aliphatic rings. The molecule has 0 saturated carbocycles. The number of amides is 1. The van der Waals surface area contributed by atoms with Crippen molar-refractivity contribution in [3.8, 4) is 0 Å². The number of nitrogens with zero attached hydrogens (tertiary/aromatic N) is 1. The summed E-state index contributed by atoms with van der Waals surface area (Å²) in [5.74, 6) is -1.47. The molecule has 108 valence electrons. The van der Waals surface area contributed by atoms with Gasteiger partial charge in [-0.2, -0.15) is 0 Å². The van der Waals surface area contributed by atoms with Crippen molar-refractivity contribution in [2.24, 2.45) is 0 Å². The number of benzene rings is 2. The van der Waals surface area contributed by atoms with E-state index < -0.39 is 28.0 Å². The van der Waals surface area contributed by atoms with Crippen LogP contribution in [0.2, 0.25) is 0 Å². The zero-order chi connectivity index (χ0) is 15.6. The fourth-order valence-electron chi connectivity index (χ4n) is 1.76. The van der Waals surface area contributed by atoms with Gasteiger partial charge in [0.25, 0.3) is 11.6 Å². The van der Waals surface area contributed by atoms with Crippen LogP contribution >= 0.6 is 15.9 Å². The molecule has 0 fully saturated rings. The topological polar surface area (TPSA) is 72.2 Å². The molecular weight excluding hydrogens is 343 g/mol. The number of hydrogen-bond acceptors (Lipinski definition) is 3. The predicted molar refractivity (Wildman–Crippen MR) is 79.9 cm³/mol. The second-order valence-electron chi connectivity index (χ2n) is 4.31. The fraction of sp³-hybridized carbons (Fsp3) is 0.0714. The quantitative estimate of drug-likeness (QED) is 0.668. The largest absolute Gasteiger partial charge is 0.314 e. The molecule has 2 rings (SSSR count). The summed E-state index contributed by atoms with van der Waals surface area (Å²) in [5, 5.41) is 13.1. The van der Waals surface area contributed by atoms with Gasteiger partial charge in [-0.15, -0.1) is 0 Å². The second kappa shape index (κ2) is 6.01. The third-order valence-corrected chi connectivity index (χ3v) is 3.74. The van der Waals surface area contributed by atoms with E-state index in [0.717, 1.165) is 22.2 Å². The molecule has 0 aliphatic heterocycles. The van der Waals surface area contributed by atoms with Crippen molar-refractivity contribution in [1.82, 2.24) is 0 Å². The number of halogens is 2. The van der Waals surface area contributed by atoms with Crippen LogP contribution in [0.15, 0.2) is 40.9 Å². The van der Waals surface area contributed by atoms with Gasteiger partial charge in [-0.25, -0.2) is 4.39 Å². The third kappa shape index (κ3) is 3.25. The normalized spacial score (nSPS) is 10.2. The summed E-state index contributed by atoms with van der Waals surface area (Å²) < 4.78 is 14.5. The molecule has 0 heterocycles. The maximum absolute atomic E-state index is 13.7. The van der Waals surface area contributed by atoms with E-state index in [2.05, 4.69) is 21.2 Å². The maximum Gasteiger partial charge on any atom is 0.295 e. The Morgan fingerprint density at radius 1 is 1.33 bits per heavy atom. The van der Waals surface area contributed by atoms with Crippen LogP contribution in [-0.4, -0.2) is 10.8 Å². The van der Waals surface area contributed by atoms with Gasteiger partial charge in [0.15, 0.2) is 11.5 Å². The van der Waals surface area contributed by atoms with Crippen molar-refractivity contribution >= 4 is 33.2 Å². The first kappa shape index (κ1) is 15.1. The molecular formula is C14H10BrFN2O3. The van der Waals surface area contributed by atoms with Gasteiger partial charge < -0.3 is 5.32 Å². The van der Waals surface area contributed by atoms with Crippen LogP contribution in [0.3, 0.4) is 0 Å². The molecule has 2 aromatic rings. The molecule has 1 N–H and O–H groups in total. The molecule has 7 heteroatoms. The number of para-hydroxylation sites is 1.